The lowest BCUT2D eigenvalue weighted by atomic mass is 9.73. The fourth-order valence-corrected chi connectivity index (χ4v) is 3.52. The maximum atomic E-state index is 6.86. The lowest BCUT2D eigenvalue weighted by molar-refractivity contribution is 0.443. The number of benzene rings is 2. The van der Waals surface area contributed by atoms with Gasteiger partial charge in [0.2, 0.25) is 0 Å². The summed E-state index contributed by atoms with van der Waals surface area (Å²) in [5.74, 6) is 0. The molecule has 3 aromatic rings. The Morgan fingerprint density at radius 2 is 1.90 bits per heavy atom. The lowest BCUT2D eigenvalue weighted by Gasteiger charge is -2.36. The van der Waals surface area contributed by atoms with Crippen LogP contribution in [0, 0.1) is 0 Å². The van der Waals surface area contributed by atoms with Gasteiger partial charge in [-0.1, -0.05) is 36.4 Å². The highest BCUT2D eigenvalue weighted by Crippen LogP contribution is 2.39. The first-order valence-electron chi connectivity index (χ1n) is 7.50. The number of fused-ring (bicyclic) bond motifs is 2. The second-order valence-electron chi connectivity index (χ2n) is 5.89. The van der Waals surface area contributed by atoms with Gasteiger partial charge < -0.3 is 5.73 Å². The van der Waals surface area contributed by atoms with Crippen molar-refractivity contribution in [3.63, 3.8) is 0 Å². The van der Waals surface area contributed by atoms with Crippen LogP contribution in [0.1, 0.15) is 29.5 Å². The van der Waals surface area contributed by atoms with Crippen LogP contribution in [0.4, 0.5) is 0 Å². The topological polar surface area (TPSA) is 38.9 Å². The van der Waals surface area contributed by atoms with Crippen molar-refractivity contribution < 1.29 is 0 Å². The van der Waals surface area contributed by atoms with Crippen LogP contribution in [0.3, 0.4) is 0 Å². The van der Waals surface area contributed by atoms with Gasteiger partial charge in [-0.2, -0.15) is 0 Å². The Hall–Kier alpha value is -2.19. The van der Waals surface area contributed by atoms with Crippen molar-refractivity contribution in [2.24, 2.45) is 5.73 Å². The van der Waals surface area contributed by atoms with E-state index in [0.29, 0.717) is 0 Å². The summed E-state index contributed by atoms with van der Waals surface area (Å²) in [6.45, 7) is 0. The number of rotatable bonds is 1. The molecule has 4 rings (SSSR count). The van der Waals surface area contributed by atoms with Gasteiger partial charge in [-0.25, -0.2) is 0 Å². The Bertz CT molecular complexity index is 809. The van der Waals surface area contributed by atoms with Gasteiger partial charge >= 0.3 is 0 Å². The summed E-state index contributed by atoms with van der Waals surface area (Å²) in [6, 6.07) is 19.1. The summed E-state index contributed by atoms with van der Waals surface area (Å²) < 4.78 is 0. The van der Waals surface area contributed by atoms with Crippen molar-refractivity contribution in [2.45, 2.75) is 24.8 Å². The number of hydrogen-bond donors (Lipinski definition) is 1. The summed E-state index contributed by atoms with van der Waals surface area (Å²) in [6.07, 6.45) is 5.09. The molecule has 0 fully saturated rings. The molecule has 21 heavy (non-hydrogen) atoms. The van der Waals surface area contributed by atoms with Crippen LogP contribution >= 0.6 is 0 Å². The van der Waals surface area contributed by atoms with E-state index in [1.165, 1.54) is 16.7 Å². The molecule has 0 amide bonds. The number of pyridine rings is 1. The molecule has 2 heteroatoms. The maximum Gasteiger partial charge on any atom is 0.0702 e. The summed E-state index contributed by atoms with van der Waals surface area (Å²) in [7, 11) is 0. The molecule has 1 heterocycles. The highest BCUT2D eigenvalue weighted by atomic mass is 14.8. The average Bonchev–Trinajstić information content (AvgIpc) is 2.55. The molecule has 2 nitrogen and oxygen atoms in total. The number of hydrogen-bond acceptors (Lipinski definition) is 2. The van der Waals surface area contributed by atoms with Crippen molar-refractivity contribution in [2.75, 3.05) is 0 Å². The van der Waals surface area contributed by atoms with E-state index in [1.54, 1.807) is 0 Å². The molecule has 1 aliphatic rings. The van der Waals surface area contributed by atoms with Gasteiger partial charge in [0, 0.05) is 11.6 Å². The lowest BCUT2D eigenvalue weighted by Crippen LogP contribution is -2.41. The SMILES string of the molecule is NC1(c2ccc3ncccc3c2)CCCc2ccccc21. The predicted octanol–water partition coefficient (Wildman–Crippen LogP) is 3.77. The molecule has 0 spiro atoms. The van der Waals surface area contributed by atoms with Crippen LogP contribution in [0.15, 0.2) is 60.8 Å². The molecule has 0 radical (unpaired) electrons. The summed E-state index contributed by atoms with van der Waals surface area (Å²) in [4.78, 5) is 4.39. The molecule has 104 valence electrons. The number of nitrogens with zero attached hydrogens (tertiary/aromatic N) is 1. The maximum absolute atomic E-state index is 6.86. The minimum atomic E-state index is -0.376. The Kier molecular flexibility index (Phi) is 2.79. The van der Waals surface area contributed by atoms with E-state index in [-0.39, 0.29) is 5.54 Å². The summed E-state index contributed by atoms with van der Waals surface area (Å²) >= 11 is 0. The molecule has 2 aromatic carbocycles. The molecule has 1 atom stereocenters. The van der Waals surface area contributed by atoms with E-state index >= 15 is 0 Å². The fourth-order valence-electron chi connectivity index (χ4n) is 3.52. The minimum Gasteiger partial charge on any atom is -0.318 e. The van der Waals surface area contributed by atoms with Crippen molar-refractivity contribution >= 4 is 10.9 Å². The van der Waals surface area contributed by atoms with E-state index in [0.717, 1.165) is 30.2 Å². The van der Waals surface area contributed by atoms with Crippen LogP contribution < -0.4 is 5.73 Å². The standard InChI is InChI=1S/C19H18N2/c20-19(11-3-6-14-5-1-2-8-17(14)19)16-9-10-18-15(13-16)7-4-12-21-18/h1-2,4-5,7-10,12-13H,3,6,11,20H2. The molecular weight excluding hydrogens is 256 g/mol. The van der Waals surface area contributed by atoms with Gasteiger partial charge in [-0.05, 0) is 54.2 Å². The molecule has 0 saturated heterocycles. The third-order valence-corrected chi connectivity index (χ3v) is 4.63. The molecule has 0 bridgehead atoms. The Morgan fingerprint density at radius 1 is 1.00 bits per heavy atom. The van der Waals surface area contributed by atoms with Crippen LogP contribution in [-0.4, -0.2) is 4.98 Å². The van der Waals surface area contributed by atoms with E-state index in [9.17, 15) is 0 Å². The number of nitrogens with two attached hydrogens (primary N) is 1. The quantitative estimate of drug-likeness (QED) is 0.733. The third kappa shape index (κ3) is 1.95. The van der Waals surface area contributed by atoms with Gasteiger partial charge in [0.25, 0.3) is 0 Å². The molecule has 1 aromatic heterocycles. The molecule has 1 unspecified atom stereocenters. The highest BCUT2D eigenvalue weighted by molar-refractivity contribution is 5.79. The van der Waals surface area contributed by atoms with Crippen LogP contribution in [-0.2, 0) is 12.0 Å². The summed E-state index contributed by atoms with van der Waals surface area (Å²) in [5, 5.41) is 1.16. The van der Waals surface area contributed by atoms with Crippen molar-refractivity contribution in [3.05, 3.63) is 77.5 Å². The zero-order chi connectivity index (χ0) is 14.3. The van der Waals surface area contributed by atoms with E-state index in [2.05, 4.69) is 53.5 Å². The van der Waals surface area contributed by atoms with Crippen molar-refractivity contribution in [1.29, 1.82) is 0 Å². The first kappa shape index (κ1) is 12.5. The van der Waals surface area contributed by atoms with Crippen LogP contribution in [0.2, 0.25) is 0 Å². The highest BCUT2D eigenvalue weighted by Gasteiger charge is 2.34. The van der Waals surface area contributed by atoms with E-state index < -0.39 is 0 Å². The van der Waals surface area contributed by atoms with Crippen LogP contribution in [0.25, 0.3) is 10.9 Å². The molecule has 2 N–H and O–H groups in total. The third-order valence-electron chi connectivity index (χ3n) is 4.63. The molecule has 0 saturated carbocycles. The normalized spacial score (nSPS) is 21.2. The van der Waals surface area contributed by atoms with Gasteiger partial charge in [0.15, 0.2) is 0 Å². The predicted molar refractivity (Wildman–Crippen MR) is 86.1 cm³/mol. The average molecular weight is 274 g/mol. The Morgan fingerprint density at radius 3 is 2.86 bits per heavy atom. The van der Waals surface area contributed by atoms with Gasteiger partial charge in [0.05, 0.1) is 11.1 Å². The minimum absolute atomic E-state index is 0.376. The number of aromatic nitrogens is 1. The largest absolute Gasteiger partial charge is 0.318 e. The monoisotopic (exact) mass is 274 g/mol. The molecular formula is C19H18N2. The molecule has 0 aliphatic heterocycles. The van der Waals surface area contributed by atoms with Crippen molar-refractivity contribution in [3.8, 4) is 0 Å². The van der Waals surface area contributed by atoms with E-state index in [4.69, 9.17) is 5.73 Å². The van der Waals surface area contributed by atoms with Gasteiger partial charge in [-0.3, -0.25) is 4.98 Å². The zero-order valence-corrected chi connectivity index (χ0v) is 11.9. The number of aryl methyl sites for hydroxylation is 1. The zero-order valence-electron chi connectivity index (χ0n) is 11.9. The first-order chi connectivity index (χ1) is 10.3. The van der Waals surface area contributed by atoms with E-state index in [1.807, 2.05) is 12.3 Å². The fraction of sp³-hybridized carbons (Fsp3) is 0.211. The Labute approximate surface area is 124 Å². The first-order valence-corrected chi connectivity index (χ1v) is 7.50. The van der Waals surface area contributed by atoms with Gasteiger partial charge in [-0.15, -0.1) is 0 Å². The van der Waals surface area contributed by atoms with Crippen LogP contribution in [0.5, 0.6) is 0 Å². The summed E-state index contributed by atoms with van der Waals surface area (Å²) in [5.41, 5.74) is 11.4. The smallest absolute Gasteiger partial charge is 0.0702 e. The Balaban J connectivity index is 1.91. The van der Waals surface area contributed by atoms with Gasteiger partial charge in [0.1, 0.15) is 0 Å². The van der Waals surface area contributed by atoms with Crippen molar-refractivity contribution in [1.82, 2.24) is 4.98 Å². The second kappa shape index (κ2) is 4.68. The second-order valence-corrected chi connectivity index (χ2v) is 5.89. The molecule has 1 aliphatic carbocycles.